The van der Waals surface area contributed by atoms with Crippen molar-refractivity contribution in [2.45, 2.75) is 18.3 Å². The molecule has 1 fully saturated rings. The molecule has 2 aliphatic rings. The second-order valence-electron chi connectivity index (χ2n) is 7.08. The molecule has 1 spiro atoms. The topological polar surface area (TPSA) is 15.3 Å². The maximum atomic E-state index is 13.7. The van der Waals surface area contributed by atoms with Crippen LogP contribution in [0.4, 0.5) is 10.1 Å². The van der Waals surface area contributed by atoms with Crippen LogP contribution in [-0.2, 0) is 5.41 Å². The first kappa shape index (κ1) is 16.6. The number of hydrogen-bond acceptors (Lipinski definition) is 2. The summed E-state index contributed by atoms with van der Waals surface area (Å²) < 4.78 is 13.7. The lowest BCUT2D eigenvalue weighted by atomic mass is 9.74. The van der Waals surface area contributed by atoms with Gasteiger partial charge in [0.25, 0.3) is 0 Å². The monoisotopic (exact) mass is 356 g/mol. The maximum Gasteiger partial charge on any atom is 0.123 e. The summed E-state index contributed by atoms with van der Waals surface area (Å²) >= 11 is 5.91. The molecular weight excluding hydrogens is 335 g/mol. The summed E-state index contributed by atoms with van der Waals surface area (Å²) in [5.41, 5.74) is 3.55. The summed E-state index contributed by atoms with van der Waals surface area (Å²) in [7, 11) is 0. The Morgan fingerprint density at radius 1 is 1.12 bits per heavy atom. The molecule has 2 aliphatic heterocycles. The Hall–Kier alpha value is -1.84. The van der Waals surface area contributed by atoms with Gasteiger partial charge >= 0.3 is 0 Å². The lowest BCUT2D eigenvalue weighted by Crippen LogP contribution is -2.43. The SMILES string of the molecule is Fc1ccc2c(c1)C1(CCN(CC=Cc3ccc(Cl)cc3)CC1)CN2. The molecule has 25 heavy (non-hydrogen) atoms. The summed E-state index contributed by atoms with van der Waals surface area (Å²) in [6.45, 7) is 3.97. The second-order valence-corrected chi connectivity index (χ2v) is 7.51. The number of rotatable bonds is 3. The molecule has 0 unspecified atom stereocenters. The standard InChI is InChI=1S/C21H22ClFN2/c22-17-5-3-16(4-6-17)2-1-11-25-12-9-21(10-13-25)15-24-20-8-7-18(23)14-19(20)21/h1-8,14,24H,9-13,15H2. The minimum Gasteiger partial charge on any atom is -0.384 e. The van der Waals surface area contributed by atoms with Gasteiger partial charge in [0, 0.05) is 29.2 Å². The van der Waals surface area contributed by atoms with Gasteiger partial charge in [-0.25, -0.2) is 4.39 Å². The van der Waals surface area contributed by atoms with Gasteiger partial charge in [-0.1, -0.05) is 35.9 Å². The molecule has 130 valence electrons. The van der Waals surface area contributed by atoms with Crippen LogP contribution in [0.3, 0.4) is 0 Å². The van der Waals surface area contributed by atoms with Gasteiger partial charge < -0.3 is 5.32 Å². The Bertz CT molecular complexity index is 777. The highest BCUT2D eigenvalue weighted by Gasteiger charge is 2.41. The first-order chi connectivity index (χ1) is 12.1. The first-order valence-electron chi connectivity index (χ1n) is 8.83. The van der Waals surface area contributed by atoms with E-state index >= 15 is 0 Å². The number of nitrogens with one attached hydrogen (secondary N) is 1. The number of fused-ring (bicyclic) bond motifs is 2. The fourth-order valence-electron chi connectivity index (χ4n) is 3.99. The summed E-state index contributed by atoms with van der Waals surface area (Å²) in [6.07, 6.45) is 6.50. The number of anilines is 1. The van der Waals surface area contributed by atoms with Crippen molar-refractivity contribution < 1.29 is 4.39 Å². The van der Waals surface area contributed by atoms with Crippen LogP contribution in [0.5, 0.6) is 0 Å². The molecule has 2 nitrogen and oxygen atoms in total. The van der Waals surface area contributed by atoms with Crippen molar-refractivity contribution in [1.29, 1.82) is 0 Å². The average molecular weight is 357 g/mol. The molecule has 0 aliphatic carbocycles. The van der Waals surface area contributed by atoms with Gasteiger partial charge in [0.05, 0.1) is 0 Å². The van der Waals surface area contributed by atoms with Gasteiger partial charge in [0.15, 0.2) is 0 Å². The Morgan fingerprint density at radius 3 is 2.64 bits per heavy atom. The van der Waals surface area contributed by atoms with Crippen molar-refractivity contribution in [1.82, 2.24) is 4.90 Å². The first-order valence-corrected chi connectivity index (χ1v) is 9.21. The van der Waals surface area contributed by atoms with Gasteiger partial charge in [-0.05, 0) is 67.4 Å². The number of piperidine rings is 1. The zero-order valence-electron chi connectivity index (χ0n) is 14.1. The van der Waals surface area contributed by atoms with E-state index in [9.17, 15) is 4.39 Å². The van der Waals surface area contributed by atoms with Crippen LogP contribution in [0.15, 0.2) is 48.5 Å². The quantitative estimate of drug-likeness (QED) is 0.836. The highest BCUT2D eigenvalue weighted by molar-refractivity contribution is 6.30. The largest absolute Gasteiger partial charge is 0.384 e. The zero-order chi connectivity index (χ0) is 17.3. The number of benzene rings is 2. The molecule has 0 amide bonds. The minimum atomic E-state index is -0.129. The third kappa shape index (κ3) is 3.44. The highest BCUT2D eigenvalue weighted by Crippen LogP contribution is 2.44. The highest BCUT2D eigenvalue weighted by atomic mass is 35.5. The van der Waals surface area contributed by atoms with E-state index < -0.39 is 0 Å². The molecule has 0 saturated carbocycles. The van der Waals surface area contributed by atoms with Gasteiger partial charge in [0.1, 0.15) is 5.82 Å². The Morgan fingerprint density at radius 2 is 1.88 bits per heavy atom. The Labute approximate surface area is 153 Å². The van der Waals surface area contributed by atoms with E-state index in [4.69, 9.17) is 11.6 Å². The normalized spacial score (nSPS) is 19.3. The van der Waals surface area contributed by atoms with Crippen LogP contribution in [-0.4, -0.2) is 31.1 Å². The van der Waals surface area contributed by atoms with Crippen LogP contribution in [0.2, 0.25) is 5.02 Å². The third-order valence-electron chi connectivity index (χ3n) is 5.53. The fourth-order valence-corrected chi connectivity index (χ4v) is 4.12. The van der Waals surface area contributed by atoms with Crippen LogP contribution in [0.1, 0.15) is 24.0 Å². The molecule has 4 heteroatoms. The molecule has 2 aromatic rings. The predicted molar refractivity (Wildman–Crippen MR) is 103 cm³/mol. The molecule has 0 aromatic heterocycles. The predicted octanol–water partition coefficient (Wildman–Crippen LogP) is 4.95. The van der Waals surface area contributed by atoms with E-state index in [-0.39, 0.29) is 11.2 Å². The van der Waals surface area contributed by atoms with Crippen molar-refractivity contribution in [3.05, 3.63) is 70.5 Å². The summed E-state index contributed by atoms with van der Waals surface area (Å²) in [5, 5.41) is 4.23. The maximum absolute atomic E-state index is 13.7. The van der Waals surface area contributed by atoms with Crippen LogP contribution < -0.4 is 5.32 Å². The molecule has 4 rings (SSSR count). The zero-order valence-corrected chi connectivity index (χ0v) is 14.9. The minimum absolute atomic E-state index is 0.105. The average Bonchev–Trinajstić information content (AvgIpc) is 2.96. The molecule has 2 heterocycles. The molecule has 1 saturated heterocycles. The van der Waals surface area contributed by atoms with E-state index in [1.165, 1.54) is 11.1 Å². The lowest BCUT2D eigenvalue weighted by molar-refractivity contribution is 0.183. The van der Waals surface area contributed by atoms with Crippen molar-refractivity contribution in [3.63, 3.8) is 0 Å². The summed E-state index contributed by atoms with van der Waals surface area (Å²) in [5.74, 6) is -0.129. The summed E-state index contributed by atoms with van der Waals surface area (Å²) in [6, 6.07) is 13.0. The summed E-state index contributed by atoms with van der Waals surface area (Å²) in [4.78, 5) is 2.47. The van der Waals surface area contributed by atoms with Gasteiger partial charge in [-0.3, -0.25) is 4.90 Å². The molecule has 0 atom stereocenters. The molecule has 2 aromatic carbocycles. The number of likely N-dealkylation sites (tertiary alicyclic amines) is 1. The van der Waals surface area contributed by atoms with Crippen molar-refractivity contribution in [2.24, 2.45) is 0 Å². The van der Waals surface area contributed by atoms with E-state index in [1.807, 2.05) is 30.3 Å². The number of hydrogen-bond donors (Lipinski definition) is 1. The van der Waals surface area contributed by atoms with Crippen LogP contribution in [0.25, 0.3) is 6.08 Å². The van der Waals surface area contributed by atoms with Crippen LogP contribution in [0, 0.1) is 5.82 Å². The Balaban J connectivity index is 1.36. The van der Waals surface area contributed by atoms with Crippen molar-refractivity contribution in [3.8, 4) is 0 Å². The second kappa shape index (κ2) is 6.81. The van der Waals surface area contributed by atoms with Crippen LogP contribution >= 0.6 is 11.6 Å². The lowest BCUT2D eigenvalue weighted by Gasteiger charge is -2.39. The van der Waals surface area contributed by atoms with Crippen molar-refractivity contribution in [2.75, 3.05) is 31.5 Å². The third-order valence-corrected chi connectivity index (χ3v) is 5.78. The molecule has 1 N–H and O–H groups in total. The molecular formula is C21H22ClFN2. The van der Waals surface area contributed by atoms with E-state index in [0.717, 1.165) is 49.7 Å². The van der Waals surface area contributed by atoms with E-state index in [1.54, 1.807) is 12.1 Å². The smallest absolute Gasteiger partial charge is 0.123 e. The molecule has 0 radical (unpaired) electrons. The van der Waals surface area contributed by atoms with E-state index in [0.29, 0.717) is 0 Å². The molecule has 0 bridgehead atoms. The Kier molecular flexibility index (Phi) is 4.53. The van der Waals surface area contributed by atoms with Gasteiger partial charge in [0.2, 0.25) is 0 Å². The van der Waals surface area contributed by atoms with E-state index in [2.05, 4.69) is 22.4 Å². The number of halogens is 2. The van der Waals surface area contributed by atoms with Crippen molar-refractivity contribution >= 4 is 23.4 Å². The number of nitrogens with zero attached hydrogens (tertiary/aromatic N) is 1. The fraction of sp³-hybridized carbons (Fsp3) is 0.333. The van der Waals surface area contributed by atoms with Gasteiger partial charge in [-0.15, -0.1) is 0 Å². The van der Waals surface area contributed by atoms with Gasteiger partial charge in [-0.2, -0.15) is 0 Å².